The van der Waals surface area contributed by atoms with E-state index in [9.17, 15) is 19.0 Å². The molecule has 0 spiro atoms. The molecule has 0 aliphatic carbocycles. The third-order valence-corrected chi connectivity index (χ3v) is 11.0. The fourth-order valence-electron chi connectivity index (χ4n) is 6.63. The Morgan fingerprint density at radius 2 is 1.57 bits per heavy atom. The number of para-hydroxylation sites is 2. The van der Waals surface area contributed by atoms with Crippen molar-refractivity contribution in [3.8, 4) is 0 Å². The Hall–Kier alpha value is -3.28. The molecular weight excluding hydrogens is 618 g/mol. The number of hydrogen-bond donors (Lipinski definition) is 1. The van der Waals surface area contributed by atoms with Crippen LogP contribution in [0, 0.1) is 0 Å². The maximum atomic E-state index is 12.5. The molecule has 2 aliphatic heterocycles. The number of allylic oxidation sites excluding steroid dienone is 6. The van der Waals surface area contributed by atoms with Crippen LogP contribution < -0.4 is 4.90 Å². The van der Waals surface area contributed by atoms with Gasteiger partial charge in [-0.05, 0) is 74.3 Å². The highest BCUT2D eigenvalue weighted by molar-refractivity contribution is 7.39. The van der Waals surface area contributed by atoms with E-state index in [4.69, 9.17) is 9.05 Å². The van der Waals surface area contributed by atoms with Gasteiger partial charge in [-0.3, -0.25) is 4.79 Å². The minimum atomic E-state index is -1.78. The van der Waals surface area contributed by atoms with Gasteiger partial charge in [0.15, 0.2) is 18.4 Å². The van der Waals surface area contributed by atoms with Crippen LogP contribution >= 0.6 is 16.1 Å². The maximum absolute atomic E-state index is 12.5. The molecule has 2 aliphatic rings. The first-order chi connectivity index (χ1) is 22.0. The third kappa shape index (κ3) is 7.98. The highest BCUT2D eigenvalue weighted by Crippen LogP contribution is 2.51. The lowest BCUT2D eigenvalue weighted by atomic mass is 9.77. The number of anilines is 1. The fraction of sp³-hybridized carbons (Fsp3) is 0.444. The van der Waals surface area contributed by atoms with E-state index in [-0.39, 0.29) is 11.8 Å². The fourth-order valence-corrected chi connectivity index (χ4v) is 8.19. The molecule has 0 fully saturated rings. The summed E-state index contributed by atoms with van der Waals surface area (Å²) < 4.78 is 37.8. The number of benzene rings is 2. The van der Waals surface area contributed by atoms with Crippen molar-refractivity contribution in [1.29, 1.82) is 0 Å². The summed E-state index contributed by atoms with van der Waals surface area (Å²) in [5.41, 5.74) is 6.08. The van der Waals surface area contributed by atoms with Gasteiger partial charge >= 0.3 is 22.0 Å². The Morgan fingerprint density at radius 3 is 2.26 bits per heavy atom. The number of fused-ring (bicyclic) bond motifs is 2. The third-order valence-electron chi connectivity index (χ3n) is 8.80. The second kappa shape index (κ2) is 16.0. The molecule has 3 unspecified atom stereocenters. The first kappa shape index (κ1) is 35.6. The van der Waals surface area contributed by atoms with E-state index in [1.165, 1.54) is 5.56 Å². The van der Waals surface area contributed by atoms with Crippen LogP contribution in [0.25, 0.3) is 0 Å². The van der Waals surface area contributed by atoms with Crippen molar-refractivity contribution < 1.29 is 32.7 Å². The summed E-state index contributed by atoms with van der Waals surface area (Å²) in [6.45, 7) is 12.2. The van der Waals surface area contributed by atoms with Crippen LogP contribution in [0.4, 0.5) is 11.4 Å². The first-order valence-corrected chi connectivity index (χ1v) is 18.8. The zero-order valence-corrected chi connectivity index (χ0v) is 29.4. The van der Waals surface area contributed by atoms with Gasteiger partial charge in [0.2, 0.25) is 11.8 Å². The highest BCUT2D eigenvalue weighted by atomic mass is 31.1. The molecule has 2 aromatic carbocycles. The van der Waals surface area contributed by atoms with Crippen molar-refractivity contribution in [2.75, 3.05) is 43.5 Å². The molecule has 0 radical (unpaired) electrons. The molecule has 244 valence electrons. The van der Waals surface area contributed by atoms with Crippen LogP contribution in [0.5, 0.6) is 0 Å². The van der Waals surface area contributed by atoms with Crippen LogP contribution in [0.1, 0.15) is 65.0 Å². The summed E-state index contributed by atoms with van der Waals surface area (Å²) >= 11 is 0. The Balaban J connectivity index is 1.66. The number of carboxylic acids is 1. The molecule has 0 saturated heterocycles. The lowest BCUT2D eigenvalue weighted by Crippen LogP contribution is -2.30. The van der Waals surface area contributed by atoms with Gasteiger partial charge < -0.3 is 10.0 Å². The van der Waals surface area contributed by atoms with Crippen LogP contribution in [0.3, 0.4) is 0 Å². The number of carbonyl (C=O) groups is 1. The molecule has 0 aromatic heterocycles. The summed E-state index contributed by atoms with van der Waals surface area (Å²) in [6.07, 6.45) is 12.4. The average molecular weight is 666 g/mol. The summed E-state index contributed by atoms with van der Waals surface area (Å²) in [7, 11) is -3.51. The van der Waals surface area contributed by atoms with E-state index in [1.807, 2.05) is 50.3 Å². The van der Waals surface area contributed by atoms with Crippen LogP contribution in [-0.4, -0.2) is 60.0 Å². The van der Waals surface area contributed by atoms with Gasteiger partial charge in [-0.15, -0.1) is 9.05 Å². The summed E-state index contributed by atoms with van der Waals surface area (Å²) in [4.78, 5) is 13.6. The van der Waals surface area contributed by atoms with Crippen molar-refractivity contribution in [3.05, 3.63) is 95.7 Å². The smallest absolute Gasteiger partial charge is 0.481 e. The van der Waals surface area contributed by atoms with Crippen molar-refractivity contribution >= 4 is 39.1 Å². The van der Waals surface area contributed by atoms with Crippen molar-refractivity contribution in [3.63, 3.8) is 0 Å². The van der Waals surface area contributed by atoms with Gasteiger partial charge in [-0.1, -0.05) is 54.6 Å². The number of rotatable bonds is 17. The van der Waals surface area contributed by atoms with Gasteiger partial charge in [0.1, 0.15) is 0 Å². The predicted octanol–water partition coefficient (Wildman–Crippen LogP) is 8.65. The lowest BCUT2D eigenvalue weighted by Gasteiger charge is -2.29. The van der Waals surface area contributed by atoms with E-state index in [0.717, 1.165) is 28.3 Å². The van der Waals surface area contributed by atoms with Crippen LogP contribution in [0.15, 0.2) is 84.6 Å². The Kier molecular flexibility index (Phi) is 12.4. The zero-order valence-electron chi connectivity index (χ0n) is 27.6. The minimum absolute atomic E-state index is 0.103. The van der Waals surface area contributed by atoms with Crippen LogP contribution in [-0.2, 0) is 33.8 Å². The molecule has 4 rings (SSSR count). The highest BCUT2D eigenvalue weighted by Gasteiger charge is 2.45. The molecule has 0 amide bonds. The van der Waals surface area contributed by atoms with Crippen molar-refractivity contribution in [2.24, 2.45) is 0 Å². The Morgan fingerprint density at radius 1 is 0.913 bits per heavy atom. The molecule has 0 saturated carbocycles. The van der Waals surface area contributed by atoms with E-state index in [1.54, 1.807) is 0 Å². The monoisotopic (exact) mass is 665 g/mol. The normalized spacial score (nSPS) is 20.2. The maximum Gasteiger partial charge on any atom is 0.514 e. The Labute approximate surface area is 275 Å². The summed E-state index contributed by atoms with van der Waals surface area (Å²) in [5, 5.41) is 9.35. The molecule has 46 heavy (non-hydrogen) atoms. The van der Waals surface area contributed by atoms with E-state index in [0.29, 0.717) is 51.5 Å². The van der Waals surface area contributed by atoms with Gasteiger partial charge in [0, 0.05) is 40.9 Å². The van der Waals surface area contributed by atoms with E-state index >= 15 is 0 Å². The van der Waals surface area contributed by atoms with Crippen LogP contribution in [0.2, 0.25) is 0 Å². The molecule has 0 bridgehead atoms. The van der Waals surface area contributed by atoms with Gasteiger partial charge in [-0.2, -0.15) is 4.58 Å². The molecule has 10 heteroatoms. The first-order valence-electron chi connectivity index (χ1n) is 16.1. The average Bonchev–Trinajstić information content (AvgIpc) is 3.38. The van der Waals surface area contributed by atoms with Gasteiger partial charge in [0.25, 0.3) is 0 Å². The van der Waals surface area contributed by atoms with E-state index in [2.05, 4.69) is 72.7 Å². The molecule has 2 aromatic rings. The van der Waals surface area contributed by atoms with E-state index < -0.39 is 27.4 Å². The molecule has 3 atom stereocenters. The zero-order chi connectivity index (χ0) is 33.3. The van der Waals surface area contributed by atoms with Gasteiger partial charge in [0.05, 0.1) is 25.2 Å². The number of carboxylic acid groups (broad SMARTS) is 1. The summed E-state index contributed by atoms with van der Waals surface area (Å²) in [6, 6.07) is 16.6. The largest absolute Gasteiger partial charge is 0.514 e. The quantitative estimate of drug-likeness (QED) is 0.103. The molecular formula is C36H47N2O6P2+3. The van der Waals surface area contributed by atoms with Crippen molar-refractivity contribution in [2.45, 2.75) is 64.7 Å². The molecule has 1 N–H and O–H groups in total. The van der Waals surface area contributed by atoms with Gasteiger partial charge in [-0.25, -0.2) is 0 Å². The predicted molar refractivity (Wildman–Crippen MR) is 186 cm³/mol. The molecule has 8 nitrogen and oxygen atoms in total. The standard InChI is InChI=1S/C36H46N2O6P2/c1-6-43-45(41)26-24-37-30-18-13-11-16-28(30)35(3,4)32(37)20-9-8-10-21-33-36(5,23-15-22-34(39)40)29-17-12-14-19-31(29)38(33)25-27-46(42)44-7-2/h8-14,16-21H,6-7,15,22-27H2,1-5H3/q+2/p+1. The van der Waals surface area contributed by atoms with Crippen molar-refractivity contribution in [1.82, 2.24) is 0 Å². The topological polar surface area (TPSA) is 96.1 Å². The number of hydrogen-bond acceptors (Lipinski definition) is 6. The molecule has 2 heterocycles. The lowest BCUT2D eigenvalue weighted by molar-refractivity contribution is -0.432. The Bertz CT molecular complexity index is 1580. The summed E-state index contributed by atoms with van der Waals surface area (Å²) in [5.74, 6) is -0.802. The second-order valence-corrected chi connectivity index (χ2v) is 14.9. The number of nitrogens with zero attached hydrogens (tertiary/aromatic N) is 2. The number of aliphatic carboxylic acids is 1. The SMILES string of the molecule is CCO[P+](=O)CCN1C(=CC=CC=CC2=[N+](CC[P+](=O)OCC)c3ccccc3C2(C)C)C(C)(CCCC(=O)O)c2ccccc21. The second-order valence-electron chi connectivity index (χ2n) is 12.2. The minimum Gasteiger partial charge on any atom is -0.481 e.